The van der Waals surface area contributed by atoms with E-state index in [0.29, 0.717) is 36.5 Å². The lowest BCUT2D eigenvalue weighted by Gasteiger charge is -2.24. The van der Waals surface area contributed by atoms with Crippen molar-refractivity contribution in [3.8, 4) is 11.4 Å². The van der Waals surface area contributed by atoms with Crippen LogP contribution in [0.1, 0.15) is 50.8 Å². The first kappa shape index (κ1) is 21.7. The highest BCUT2D eigenvalue weighted by Crippen LogP contribution is 2.30. The summed E-state index contributed by atoms with van der Waals surface area (Å²) < 4.78 is 27.9. The van der Waals surface area contributed by atoms with Crippen molar-refractivity contribution in [2.45, 2.75) is 57.4 Å². The molecular weight excluding hydrogens is 442 g/mol. The third kappa shape index (κ3) is 4.02. The summed E-state index contributed by atoms with van der Waals surface area (Å²) in [6, 6.07) is 3.77. The number of aliphatic hydroxyl groups excluding tert-OH is 1. The lowest BCUT2D eigenvalue weighted by molar-refractivity contribution is 0.252. The van der Waals surface area contributed by atoms with Crippen LogP contribution in [0.2, 0.25) is 0 Å². The Labute approximate surface area is 191 Å². The number of imidazole rings is 1. The Balaban J connectivity index is 1.45. The van der Waals surface area contributed by atoms with E-state index in [1.54, 1.807) is 18.5 Å². The first-order chi connectivity index (χ1) is 15.7. The molecule has 0 spiro atoms. The second-order valence-electron chi connectivity index (χ2n) is 9.25. The topological polar surface area (TPSA) is 129 Å². The maximum absolute atomic E-state index is 12.4. The molecule has 1 fully saturated rings. The molecule has 10 nitrogen and oxygen atoms in total. The maximum atomic E-state index is 12.4. The van der Waals surface area contributed by atoms with Crippen molar-refractivity contribution in [1.29, 1.82) is 0 Å². The van der Waals surface area contributed by atoms with Gasteiger partial charge in [-0.2, -0.15) is 9.19 Å². The molecule has 0 bridgehead atoms. The van der Waals surface area contributed by atoms with Crippen LogP contribution in [0.3, 0.4) is 0 Å². The molecule has 4 aromatic rings. The van der Waals surface area contributed by atoms with Crippen LogP contribution in [0.25, 0.3) is 22.4 Å². The minimum Gasteiger partial charge on any atom is -0.388 e. The Morgan fingerprint density at radius 2 is 1.91 bits per heavy atom. The van der Waals surface area contributed by atoms with Crippen LogP contribution in [0.15, 0.2) is 36.9 Å². The first-order valence-electron chi connectivity index (χ1n) is 10.8. The van der Waals surface area contributed by atoms with Gasteiger partial charge in [0.2, 0.25) is 0 Å². The van der Waals surface area contributed by atoms with Crippen molar-refractivity contribution in [1.82, 2.24) is 33.7 Å². The molecule has 0 atom stereocenters. The van der Waals surface area contributed by atoms with Gasteiger partial charge in [0.25, 0.3) is 10.0 Å². The molecule has 172 valence electrons. The van der Waals surface area contributed by atoms with Crippen molar-refractivity contribution in [3.63, 3.8) is 0 Å². The van der Waals surface area contributed by atoms with Crippen LogP contribution >= 0.6 is 0 Å². The van der Waals surface area contributed by atoms with Gasteiger partial charge in [-0.05, 0) is 45.7 Å². The van der Waals surface area contributed by atoms with Gasteiger partial charge in [-0.1, -0.05) is 0 Å². The predicted octanol–water partition coefficient (Wildman–Crippen LogP) is 2.26. The summed E-state index contributed by atoms with van der Waals surface area (Å²) in [4.78, 5) is 17.9. The van der Waals surface area contributed by atoms with Gasteiger partial charge in [-0.25, -0.2) is 23.4 Å². The molecule has 0 saturated heterocycles. The summed E-state index contributed by atoms with van der Waals surface area (Å²) in [6.45, 7) is 6.04. The van der Waals surface area contributed by atoms with E-state index in [-0.39, 0.29) is 17.4 Å². The minimum absolute atomic E-state index is 0.152. The average Bonchev–Trinajstić information content (AvgIpc) is 3.38. The zero-order valence-corrected chi connectivity index (χ0v) is 19.5. The Kier molecular flexibility index (Phi) is 5.05. The molecule has 4 heterocycles. The van der Waals surface area contributed by atoms with Gasteiger partial charge in [0.05, 0.1) is 40.6 Å². The third-order valence-electron chi connectivity index (χ3n) is 5.58. The number of aromatic nitrogens is 7. The number of pyridine rings is 1. The smallest absolute Gasteiger partial charge is 0.256 e. The van der Waals surface area contributed by atoms with E-state index in [2.05, 4.69) is 45.8 Å². The minimum atomic E-state index is -3.43. The molecule has 1 aliphatic carbocycles. The summed E-state index contributed by atoms with van der Waals surface area (Å²) in [5.41, 5.74) is 3.46. The van der Waals surface area contributed by atoms with Crippen molar-refractivity contribution in [3.05, 3.63) is 54.1 Å². The third-order valence-corrected chi connectivity index (χ3v) is 7.61. The fourth-order valence-corrected chi connectivity index (χ4v) is 5.40. The Hall–Kier alpha value is -3.18. The van der Waals surface area contributed by atoms with Gasteiger partial charge in [-0.15, -0.1) is 0 Å². The first-order valence-corrected chi connectivity index (χ1v) is 12.3. The molecule has 0 aliphatic heterocycles. The van der Waals surface area contributed by atoms with E-state index < -0.39 is 10.0 Å². The second kappa shape index (κ2) is 7.70. The van der Waals surface area contributed by atoms with Crippen molar-refractivity contribution >= 4 is 21.1 Å². The van der Waals surface area contributed by atoms with Crippen LogP contribution in [-0.2, 0) is 28.6 Å². The highest BCUT2D eigenvalue weighted by molar-refractivity contribution is 7.90. The standard InChI is InChI=1S/C22H25N7O3S/c1-22(2,3)29-19-9-16(24-11-18(19)27-20(29)13-30)8-15-6-7-23-21(26-15)14-10-25-28(12-14)33(31,32)17-4-5-17/h6-7,9-12,17,30H,4-5,8,13H2,1-3H3. The fourth-order valence-electron chi connectivity index (χ4n) is 3.92. The molecule has 0 unspecified atom stereocenters. The lowest BCUT2D eigenvalue weighted by atomic mass is 10.1. The molecule has 1 N–H and O–H groups in total. The van der Waals surface area contributed by atoms with E-state index in [4.69, 9.17) is 0 Å². The van der Waals surface area contributed by atoms with Crippen molar-refractivity contribution in [2.24, 2.45) is 0 Å². The van der Waals surface area contributed by atoms with E-state index in [0.717, 1.165) is 26.5 Å². The van der Waals surface area contributed by atoms with E-state index in [1.165, 1.54) is 12.4 Å². The molecule has 5 rings (SSSR count). The zero-order chi connectivity index (χ0) is 23.4. The highest BCUT2D eigenvalue weighted by Gasteiger charge is 2.37. The largest absolute Gasteiger partial charge is 0.388 e. The molecule has 0 amide bonds. The maximum Gasteiger partial charge on any atom is 0.256 e. The summed E-state index contributed by atoms with van der Waals surface area (Å²) in [7, 11) is -3.43. The highest BCUT2D eigenvalue weighted by atomic mass is 32.2. The van der Waals surface area contributed by atoms with Crippen LogP contribution in [-0.4, -0.2) is 52.5 Å². The van der Waals surface area contributed by atoms with Crippen molar-refractivity contribution in [2.75, 3.05) is 0 Å². The molecule has 1 saturated carbocycles. The summed E-state index contributed by atoms with van der Waals surface area (Å²) >= 11 is 0. The van der Waals surface area contributed by atoms with Gasteiger partial charge in [0, 0.05) is 23.9 Å². The SMILES string of the molecule is CC(C)(C)n1c(CO)nc2cnc(Cc3ccnc(-c4cnn(S(=O)(=O)C5CC5)c4)n3)cc21. The fraction of sp³-hybridized carbons (Fsp3) is 0.409. The van der Waals surface area contributed by atoms with Gasteiger partial charge >= 0.3 is 0 Å². The summed E-state index contributed by atoms with van der Waals surface area (Å²) in [5.74, 6) is 1.01. The van der Waals surface area contributed by atoms with E-state index in [1.807, 2.05) is 10.6 Å². The molecule has 1 aliphatic rings. The quantitative estimate of drug-likeness (QED) is 0.457. The molecule has 11 heteroatoms. The van der Waals surface area contributed by atoms with Crippen LogP contribution in [0.4, 0.5) is 0 Å². The lowest BCUT2D eigenvalue weighted by Crippen LogP contribution is -2.24. The van der Waals surface area contributed by atoms with Gasteiger partial charge in [-0.3, -0.25) is 4.98 Å². The number of aliphatic hydroxyl groups is 1. The Morgan fingerprint density at radius 3 is 2.61 bits per heavy atom. The zero-order valence-electron chi connectivity index (χ0n) is 18.7. The number of rotatable bonds is 6. The molecule has 0 aromatic carbocycles. The van der Waals surface area contributed by atoms with Gasteiger partial charge < -0.3 is 9.67 Å². The van der Waals surface area contributed by atoms with E-state index in [9.17, 15) is 13.5 Å². The van der Waals surface area contributed by atoms with Gasteiger partial charge in [0.1, 0.15) is 17.9 Å². The number of nitrogens with zero attached hydrogens (tertiary/aromatic N) is 7. The molecule has 4 aromatic heterocycles. The number of fused-ring (bicyclic) bond motifs is 1. The number of hydrogen-bond acceptors (Lipinski definition) is 8. The number of hydrogen-bond donors (Lipinski definition) is 1. The second-order valence-corrected chi connectivity index (χ2v) is 11.3. The Bertz CT molecular complexity index is 1450. The summed E-state index contributed by atoms with van der Waals surface area (Å²) in [5, 5.41) is 13.4. The van der Waals surface area contributed by atoms with E-state index >= 15 is 0 Å². The van der Waals surface area contributed by atoms with Crippen LogP contribution in [0, 0.1) is 0 Å². The molecule has 33 heavy (non-hydrogen) atoms. The normalized spacial score (nSPS) is 14.8. The van der Waals surface area contributed by atoms with Crippen LogP contribution in [0.5, 0.6) is 0 Å². The monoisotopic (exact) mass is 467 g/mol. The van der Waals surface area contributed by atoms with Gasteiger partial charge in [0.15, 0.2) is 5.82 Å². The molecule has 0 radical (unpaired) electrons. The predicted molar refractivity (Wildman–Crippen MR) is 122 cm³/mol. The Morgan fingerprint density at radius 1 is 1.12 bits per heavy atom. The average molecular weight is 468 g/mol. The van der Waals surface area contributed by atoms with Crippen LogP contribution < -0.4 is 0 Å². The van der Waals surface area contributed by atoms with Crippen molar-refractivity contribution < 1.29 is 13.5 Å². The summed E-state index contributed by atoms with van der Waals surface area (Å²) in [6.07, 6.45) is 8.11. The molecular formula is C22H25N7O3S.